The Kier molecular flexibility index (Phi) is 31.5. The summed E-state index contributed by atoms with van der Waals surface area (Å²) < 4.78 is 5.40. The van der Waals surface area contributed by atoms with Crippen LogP contribution in [0.5, 0.6) is 0 Å². The van der Waals surface area contributed by atoms with Crippen molar-refractivity contribution in [2.75, 3.05) is 6.61 Å². The Morgan fingerprint density at radius 1 is 0.550 bits per heavy atom. The Labute approximate surface area is 249 Å². The molecule has 40 heavy (non-hydrogen) atoms. The minimum absolute atomic E-state index is 0.0333. The van der Waals surface area contributed by atoms with Gasteiger partial charge in [0.2, 0.25) is 0 Å². The van der Waals surface area contributed by atoms with Crippen LogP contribution in [-0.2, 0) is 9.53 Å². The minimum atomic E-state index is -0.173. The van der Waals surface area contributed by atoms with Gasteiger partial charge in [0.1, 0.15) is 0 Å². The van der Waals surface area contributed by atoms with E-state index in [9.17, 15) is 15.0 Å². The molecule has 0 aliphatic rings. The molecule has 0 bridgehead atoms. The summed E-state index contributed by atoms with van der Waals surface area (Å²) in [5.41, 5.74) is 0. The molecular weight excluding hydrogens is 496 g/mol. The zero-order chi connectivity index (χ0) is 29.4. The molecule has 0 amide bonds. The van der Waals surface area contributed by atoms with Gasteiger partial charge in [-0.1, -0.05) is 134 Å². The number of carbonyl (C=O) groups is 1. The second-order valence-corrected chi connectivity index (χ2v) is 11.9. The van der Waals surface area contributed by atoms with Crippen LogP contribution in [0.2, 0.25) is 0 Å². The summed E-state index contributed by atoms with van der Waals surface area (Å²) in [5, 5.41) is 20.0. The average Bonchev–Trinajstić information content (AvgIpc) is 2.95. The van der Waals surface area contributed by atoms with Crippen LogP contribution in [0.15, 0.2) is 24.3 Å². The number of ether oxygens (including phenoxy) is 1. The molecule has 236 valence electrons. The summed E-state index contributed by atoms with van der Waals surface area (Å²) in [4.78, 5) is 11.9. The first-order valence-electron chi connectivity index (χ1n) is 17.4. The molecule has 0 radical (unpaired) electrons. The third-order valence-corrected chi connectivity index (χ3v) is 7.71. The van der Waals surface area contributed by atoms with Gasteiger partial charge in [0.25, 0.3) is 0 Å². The van der Waals surface area contributed by atoms with Crippen LogP contribution in [0.3, 0.4) is 0 Å². The molecule has 4 nitrogen and oxygen atoms in total. The lowest BCUT2D eigenvalue weighted by molar-refractivity contribution is -0.143. The van der Waals surface area contributed by atoms with Crippen molar-refractivity contribution in [3.8, 4) is 0 Å². The summed E-state index contributed by atoms with van der Waals surface area (Å²) in [6.45, 7) is 5.00. The fraction of sp³-hybridized carbons (Fsp3) is 0.861. The standard InChI is InChI=1S/C36H68O4/c1-3-5-7-22-28-34(37)30-24-18-14-10-9-13-17-21-27-33-40-36(39)32-26-20-16-12-11-15-19-25-31-35(38)29-23-8-6-4-2/h18-19,24-25,34-35,37-38H,3-17,20-23,26-33H2,1-2H3/b24-18-,25-19-/t34-,35+/m1/s1. The van der Waals surface area contributed by atoms with Crippen molar-refractivity contribution in [1.29, 1.82) is 0 Å². The number of carbonyl (C=O) groups excluding carboxylic acids is 1. The van der Waals surface area contributed by atoms with Crippen molar-refractivity contribution in [1.82, 2.24) is 0 Å². The second kappa shape index (κ2) is 32.4. The van der Waals surface area contributed by atoms with Crippen LogP contribution in [0.1, 0.15) is 181 Å². The van der Waals surface area contributed by atoms with Crippen LogP contribution in [0.25, 0.3) is 0 Å². The first kappa shape index (κ1) is 38.9. The Morgan fingerprint density at radius 3 is 1.48 bits per heavy atom. The molecule has 2 atom stereocenters. The number of allylic oxidation sites excluding steroid dienone is 2. The highest BCUT2D eigenvalue weighted by Crippen LogP contribution is 2.13. The van der Waals surface area contributed by atoms with E-state index in [0.29, 0.717) is 13.0 Å². The van der Waals surface area contributed by atoms with Gasteiger partial charge >= 0.3 is 5.97 Å². The van der Waals surface area contributed by atoms with E-state index in [-0.39, 0.29) is 18.2 Å². The molecule has 0 aliphatic heterocycles. The Bertz CT molecular complexity index is 571. The van der Waals surface area contributed by atoms with Crippen molar-refractivity contribution in [2.24, 2.45) is 0 Å². The van der Waals surface area contributed by atoms with Crippen molar-refractivity contribution >= 4 is 5.97 Å². The largest absolute Gasteiger partial charge is 0.466 e. The van der Waals surface area contributed by atoms with Crippen molar-refractivity contribution in [3.05, 3.63) is 24.3 Å². The van der Waals surface area contributed by atoms with Crippen molar-refractivity contribution in [3.63, 3.8) is 0 Å². The number of esters is 1. The molecule has 0 saturated heterocycles. The quantitative estimate of drug-likeness (QED) is 0.0499. The molecule has 0 unspecified atom stereocenters. The molecule has 0 aromatic heterocycles. The normalized spacial score (nSPS) is 13.4. The predicted molar refractivity (Wildman–Crippen MR) is 173 cm³/mol. The van der Waals surface area contributed by atoms with Gasteiger partial charge in [0, 0.05) is 6.42 Å². The molecule has 4 heteroatoms. The fourth-order valence-corrected chi connectivity index (χ4v) is 4.98. The van der Waals surface area contributed by atoms with E-state index in [1.807, 2.05) is 0 Å². The number of unbranched alkanes of at least 4 members (excludes halogenated alkanes) is 17. The highest BCUT2D eigenvalue weighted by molar-refractivity contribution is 5.69. The third kappa shape index (κ3) is 31.4. The highest BCUT2D eigenvalue weighted by Gasteiger charge is 2.03. The summed E-state index contributed by atoms with van der Waals surface area (Å²) in [7, 11) is 0. The van der Waals surface area contributed by atoms with E-state index in [4.69, 9.17) is 4.74 Å². The molecule has 0 spiro atoms. The lowest BCUT2D eigenvalue weighted by atomic mass is 10.1. The lowest BCUT2D eigenvalue weighted by Gasteiger charge is -2.07. The smallest absolute Gasteiger partial charge is 0.305 e. The molecule has 0 aromatic carbocycles. The second-order valence-electron chi connectivity index (χ2n) is 11.9. The van der Waals surface area contributed by atoms with Crippen LogP contribution in [0, 0.1) is 0 Å². The first-order valence-corrected chi connectivity index (χ1v) is 17.4. The number of hydrogen-bond donors (Lipinski definition) is 2. The maximum atomic E-state index is 11.9. The molecule has 2 N–H and O–H groups in total. The summed E-state index contributed by atoms with van der Waals surface area (Å²) in [6, 6.07) is 0. The van der Waals surface area contributed by atoms with Crippen LogP contribution < -0.4 is 0 Å². The molecule has 0 saturated carbocycles. The van der Waals surface area contributed by atoms with Gasteiger partial charge in [-0.3, -0.25) is 4.79 Å². The van der Waals surface area contributed by atoms with E-state index in [1.54, 1.807) is 0 Å². The van der Waals surface area contributed by atoms with Crippen LogP contribution >= 0.6 is 0 Å². The molecular formula is C36H68O4. The monoisotopic (exact) mass is 565 g/mol. The Balaban J connectivity index is 3.35. The molecule has 0 aliphatic carbocycles. The molecule has 0 aromatic rings. The number of hydrogen-bond acceptors (Lipinski definition) is 4. The molecule has 0 heterocycles. The Morgan fingerprint density at radius 2 is 0.975 bits per heavy atom. The maximum Gasteiger partial charge on any atom is 0.305 e. The van der Waals surface area contributed by atoms with Gasteiger partial charge < -0.3 is 14.9 Å². The average molecular weight is 565 g/mol. The number of rotatable bonds is 31. The number of aliphatic hydroxyl groups excluding tert-OH is 2. The van der Waals surface area contributed by atoms with Gasteiger partial charge in [-0.25, -0.2) is 0 Å². The molecule has 0 fully saturated rings. The van der Waals surface area contributed by atoms with Crippen molar-refractivity contribution < 1.29 is 19.7 Å². The zero-order valence-electron chi connectivity index (χ0n) is 26.8. The van der Waals surface area contributed by atoms with E-state index in [0.717, 1.165) is 77.0 Å². The minimum Gasteiger partial charge on any atom is -0.466 e. The molecule has 0 rings (SSSR count). The third-order valence-electron chi connectivity index (χ3n) is 7.71. The zero-order valence-corrected chi connectivity index (χ0v) is 26.8. The van der Waals surface area contributed by atoms with Crippen LogP contribution in [-0.4, -0.2) is 35.0 Å². The highest BCUT2D eigenvalue weighted by atomic mass is 16.5. The van der Waals surface area contributed by atoms with Crippen LogP contribution in [0.4, 0.5) is 0 Å². The lowest BCUT2D eigenvalue weighted by Crippen LogP contribution is -2.05. The SMILES string of the molecule is CCCCCC[C@H](O)C/C=C\CCCCCCCC(=O)OCCCCCCCC/C=C\C[C@H](O)CCCCCC. The summed E-state index contributed by atoms with van der Waals surface area (Å²) in [6.07, 6.45) is 37.1. The fourth-order valence-electron chi connectivity index (χ4n) is 4.98. The summed E-state index contributed by atoms with van der Waals surface area (Å²) in [5.74, 6) is -0.0333. The van der Waals surface area contributed by atoms with Crippen molar-refractivity contribution in [2.45, 2.75) is 193 Å². The number of aliphatic hydroxyl groups is 2. The predicted octanol–water partition coefficient (Wildman–Crippen LogP) is 10.5. The topological polar surface area (TPSA) is 66.8 Å². The van der Waals surface area contributed by atoms with Gasteiger partial charge in [-0.05, 0) is 64.2 Å². The van der Waals surface area contributed by atoms with Gasteiger partial charge in [-0.15, -0.1) is 0 Å². The van der Waals surface area contributed by atoms with E-state index in [1.165, 1.54) is 83.5 Å². The first-order chi connectivity index (χ1) is 19.6. The maximum absolute atomic E-state index is 11.9. The van der Waals surface area contributed by atoms with Gasteiger partial charge in [-0.2, -0.15) is 0 Å². The van der Waals surface area contributed by atoms with Gasteiger partial charge in [0.05, 0.1) is 18.8 Å². The Hall–Kier alpha value is -1.13. The van der Waals surface area contributed by atoms with E-state index >= 15 is 0 Å². The summed E-state index contributed by atoms with van der Waals surface area (Å²) >= 11 is 0. The van der Waals surface area contributed by atoms with Gasteiger partial charge in [0.15, 0.2) is 0 Å². The van der Waals surface area contributed by atoms with E-state index < -0.39 is 0 Å². The van der Waals surface area contributed by atoms with E-state index in [2.05, 4.69) is 38.2 Å².